The van der Waals surface area contributed by atoms with Crippen LogP contribution in [-0.2, 0) is 0 Å². The second-order valence-electron chi connectivity index (χ2n) is 3.92. The van der Waals surface area contributed by atoms with Gasteiger partial charge in [-0.3, -0.25) is 0 Å². The standard InChI is InChI=1S/C11H27N3/c1-3-5-9-14-11(4-2)10(13)7-6-8-12/h10-11,14H,3-9,12-13H2,1-2H3. The molecule has 0 heterocycles. The van der Waals surface area contributed by atoms with Crippen LogP contribution >= 0.6 is 0 Å². The molecule has 0 aromatic rings. The van der Waals surface area contributed by atoms with Gasteiger partial charge in [0.25, 0.3) is 0 Å². The van der Waals surface area contributed by atoms with Crippen molar-refractivity contribution in [2.45, 2.75) is 58.0 Å². The zero-order valence-electron chi connectivity index (χ0n) is 9.76. The largest absolute Gasteiger partial charge is 0.330 e. The third-order valence-corrected chi connectivity index (χ3v) is 2.64. The van der Waals surface area contributed by atoms with Crippen LogP contribution in [0.1, 0.15) is 46.0 Å². The predicted octanol–water partition coefficient (Wildman–Crippen LogP) is 1.22. The molecule has 0 saturated carbocycles. The molecule has 0 amide bonds. The topological polar surface area (TPSA) is 64.1 Å². The first-order valence-corrected chi connectivity index (χ1v) is 5.95. The van der Waals surface area contributed by atoms with Gasteiger partial charge in [-0.1, -0.05) is 20.3 Å². The minimum absolute atomic E-state index is 0.264. The molecule has 0 aliphatic carbocycles. The Bertz CT molecular complexity index is 117. The minimum Gasteiger partial charge on any atom is -0.330 e. The van der Waals surface area contributed by atoms with Crippen molar-refractivity contribution >= 4 is 0 Å². The molecule has 86 valence electrons. The summed E-state index contributed by atoms with van der Waals surface area (Å²) in [5, 5.41) is 3.51. The lowest BCUT2D eigenvalue weighted by Crippen LogP contribution is -2.45. The van der Waals surface area contributed by atoms with Gasteiger partial charge in [0.15, 0.2) is 0 Å². The van der Waals surface area contributed by atoms with Crippen LogP contribution in [0.2, 0.25) is 0 Å². The van der Waals surface area contributed by atoms with Gasteiger partial charge in [-0.25, -0.2) is 0 Å². The van der Waals surface area contributed by atoms with Crippen LogP contribution in [0, 0.1) is 0 Å². The third-order valence-electron chi connectivity index (χ3n) is 2.64. The summed E-state index contributed by atoms with van der Waals surface area (Å²) >= 11 is 0. The molecule has 14 heavy (non-hydrogen) atoms. The average molecular weight is 201 g/mol. The normalized spacial score (nSPS) is 15.4. The Balaban J connectivity index is 3.62. The van der Waals surface area contributed by atoms with Gasteiger partial charge in [0.05, 0.1) is 0 Å². The highest BCUT2D eigenvalue weighted by Crippen LogP contribution is 2.03. The SMILES string of the molecule is CCCCNC(CC)C(N)CCCN. The summed E-state index contributed by atoms with van der Waals surface area (Å²) in [6.45, 7) is 6.23. The maximum absolute atomic E-state index is 6.08. The van der Waals surface area contributed by atoms with Crippen molar-refractivity contribution in [1.82, 2.24) is 5.32 Å². The van der Waals surface area contributed by atoms with Gasteiger partial charge < -0.3 is 16.8 Å². The maximum Gasteiger partial charge on any atom is 0.0216 e. The van der Waals surface area contributed by atoms with E-state index in [1.807, 2.05) is 0 Å². The Morgan fingerprint density at radius 2 is 1.93 bits per heavy atom. The highest BCUT2D eigenvalue weighted by Gasteiger charge is 2.13. The molecular formula is C11H27N3. The van der Waals surface area contributed by atoms with Crippen LogP contribution in [0.15, 0.2) is 0 Å². The van der Waals surface area contributed by atoms with Crippen molar-refractivity contribution < 1.29 is 0 Å². The quantitative estimate of drug-likeness (QED) is 0.491. The Morgan fingerprint density at radius 1 is 1.21 bits per heavy atom. The van der Waals surface area contributed by atoms with E-state index in [1.165, 1.54) is 12.8 Å². The zero-order chi connectivity index (χ0) is 10.8. The molecule has 0 fully saturated rings. The molecule has 2 atom stereocenters. The number of hydrogen-bond donors (Lipinski definition) is 3. The first-order valence-electron chi connectivity index (χ1n) is 5.95. The number of unbranched alkanes of at least 4 members (excludes halogenated alkanes) is 1. The molecule has 0 bridgehead atoms. The first kappa shape index (κ1) is 13.9. The summed E-state index contributed by atoms with van der Waals surface area (Å²) in [4.78, 5) is 0. The smallest absolute Gasteiger partial charge is 0.0216 e. The molecule has 3 nitrogen and oxygen atoms in total. The molecule has 0 aliphatic heterocycles. The number of nitrogens with one attached hydrogen (secondary N) is 1. The summed E-state index contributed by atoms with van der Waals surface area (Å²) in [5.41, 5.74) is 11.5. The van der Waals surface area contributed by atoms with E-state index in [2.05, 4.69) is 19.2 Å². The summed E-state index contributed by atoms with van der Waals surface area (Å²) in [7, 11) is 0. The first-order chi connectivity index (χ1) is 6.76. The lowest BCUT2D eigenvalue weighted by molar-refractivity contribution is 0.393. The van der Waals surface area contributed by atoms with Crippen molar-refractivity contribution in [2.75, 3.05) is 13.1 Å². The van der Waals surface area contributed by atoms with Gasteiger partial charge in [-0.2, -0.15) is 0 Å². The van der Waals surface area contributed by atoms with Crippen LogP contribution in [0.5, 0.6) is 0 Å². The summed E-state index contributed by atoms with van der Waals surface area (Å²) < 4.78 is 0. The lowest BCUT2D eigenvalue weighted by atomic mass is 10.0. The Kier molecular flexibility index (Phi) is 9.35. The zero-order valence-corrected chi connectivity index (χ0v) is 9.76. The Hall–Kier alpha value is -0.120. The van der Waals surface area contributed by atoms with E-state index in [0.717, 1.165) is 32.4 Å². The number of nitrogens with two attached hydrogens (primary N) is 2. The molecular weight excluding hydrogens is 174 g/mol. The molecule has 0 spiro atoms. The van der Waals surface area contributed by atoms with Crippen molar-refractivity contribution in [1.29, 1.82) is 0 Å². The van der Waals surface area contributed by atoms with Gasteiger partial charge in [-0.15, -0.1) is 0 Å². The molecule has 3 heteroatoms. The van der Waals surface area contributed by atoms with Crippen molar-refractivity contribution in [2.24, 2.45) is 11.5 Å². The monoisotopic (exact) mass is 201 g/mol. The number of rotatable bonds is 9. The van der Waals surface area contributed by atoms with Crippen molar-refractivity contribution in [3.05, 3.63) is 0 Å². The minimum atomic E-state index is 0.264. The predicted molar refractivity (Wildman–Crippen MR) is 63.3 cm³/mol. The Morgan fingerprint density at radius 3 is 2.43 bits per heavy atom. The van der Waals surface area contributed by atoms with E-state index in [4.69, 9.17) is 11.5 Å². The molecule has 0 aromatic carbocycles. The van der Waals surface area contributed by atoms with Crippen molar-refractivity contribution in [3.63, 3.8) is 0 Å². The van der Waals surface area contributed by atoms with Crippen LogP contribution in [-0.4, -0.2) is 25.2 Å². The van der Waals surface area contributed by atoms with Gasteiger partial charge in [0.2, 0.25) is 0 Å². The molecule has 5 N–H and O–H groups in total. The molecule has 0 aliphatic rings. The van der Waals surface area contributed by atoms with Crippen molar-refractivity contribution in [3.8, 4) is 0 Å². The molecule has 2 unspecified atom stereocenters. The number of hydrogen-bond acceptors (Lipinski definition) is 3. The van der Waals surface area contributed by atoms with Gasteiger partial charge in [0.1, 0.15) is 0 Å². The highest BCUT2D eigenvalue weighted by atomic mass is 14.9. The van der Waals surface area contributed by atoms with E-state index in [1.54, 1.807) is 0 Å². The fourth-order valence-corrected chi connectivity index (χ4v) is 1.62. The second kappa shape index (κ2) is 9.44. The summed E-state index contributed by atoms with van der Waals surface area (Å²) in [5.74, 6) is 0. The van der Waals surface area contributed by atoms with Crippen LogP contribution in [0.3, 0.4) is 0 Å². The van der Waals surface area contributed by atoms with Crippen LogP contribution < -0.4 is 16.8 Å². The average Bonchev–Trinajstić information content (AvgIpc) is 2.21. The van der Waals surface area contributed by atoms with Gasteiger partial charge in [-0.05, 0) is 38.8 Å². The fourth-order valence-electron chi connectivity index (χ4n) is 1.62. The van der Waals surface area contributed by atoms with Crippen LogP contribution in [0.4, 0.5) is 0 Å². The van der Waals surface area contributed by atoms with E-state index >= 15 is 0 Å². The second-order valence-corrected chi connectivity index (χ2v) is 3.92. The fraction of sp³-hybridized carbons (Fsp3) is 1.00. The van der Waals surface area contributed by atoms with E-state index in [-0.39, 0.29) is 6.04 Å². The molecule has 0 aromatic heterocycles. The van der Waals surface area contributed by atoms with Gasteiger partial charge >= 0.3 is 0 Å². The maximum atomic E-state index is 6.08. The van der Waals surface area contributed by atoms with E-state index in [9.17, 15) is 0 Å². The molecule has 0 radical (unpaired) electrons. The van der Waals surface area contributed by atoms with Crippen LogP contribution in [0.25, 0.3) is 0 Å². The van der Waals surface area contributed by atoms with E-state index < -0.39 is 0 Å². The summed E-state index contributed by atoms with van der Waals surface area (Å²) in [6.07, 6.45) is 5.65. The third kappa shape index (κ3) is 6.35. The molecule has 0 rings (SSSR count). The lowest BCUT2D eigenvalue weighted by Gasteiger charge is -2.23. The highest BCUT2D eigenvalue weighted by molar-refractivity contribution is 4.78. The summed E-state index contributed by atoms with van der Waals surface area (Å²) in [6, 6.07) is 0.730. The molecule has 0 saturated heterocycles. The van der Waals surface area contributed by atoms with E-state index in [0.29, 0.717) is 6.04 Å². The Labute approximate surface area is 88.6 Å². The van der Waals surface area contributed by atoms with Gasteiger partial charge in [0, 0.05) is 12.1 Å².